The molecule has 2 aromatic carbocycles. The van der Waals surface area contributed by atoms with Crippen LogP contribution in [-0.2, 0) is 0 Å². The topological polar surface area (TPSA) is 35.2 Å². The molecule has 2 aromatic rings. The smallest absolute Gasteiger partial charge is 0.139 e. The molecule has 0 aliphatic heterocycles. The molecule has 1 atom stereocenters. The molecule has 5 heteroatoms. The maximum atomic E-state index is 6.08. The number of rotatable bonds is 4. The van der Waals surface area contributed by atoms with Gasteiger partial charge in [0.2, 0.25) is 0 Å². The molecule has 0 aromatic heterocycles. The average Bonchev–Trinajstić information content (AvgIpc) is 2.42. The zero-order chi connectivity index (χ0) is 13.8. The molecule has 0 fully saturated rings. The number of hydrogen-bond donors (Lipinski definition) is 1. The first-order valence-corrected chi connectivity index (χ1v) is 7.20. The highest BCUT2D eigenvalue weighted by Gasteiger charge is 2.10. The largest absolute Gasteiger partial charge is 0.490 e. The Morgan fingerprint density at radius 1 is 1.11 bits per heavy atom. The molecule has 0 spiro atoms. The molecule has 0 saturated heterocycles. The normalized spacial score (nSPS) is 12.2. The Bertz CT molecular complexity index is 563. The SMILES string of the molecule is NC(COc1cc(Cl)c(Br)cc1Cl)c1ccccc1. The lowest BCUT2D eigenvalue weighted by atomic mass is 10.1. The Kier molecular flexibility index (Phi) is 5.11. The van der Waals surface area contributed by atoms with Crippen molar-refractivity contribution in [2.75, 3.05) is 6.61 Å². The lowest BCUT2D eigenvalue weighted by Gasteiger charge is -2.15. The molecule has 19 heavy (non-hydrogen) atoms. The summed E-state index contributed by atoms with van der Waals surface area (Å²) in [5, 5.41) is 1.05. The van der Waals surface area contributed by atoms with E-state index in [1.54, 1.807) is 12.1 Å². The summed E-state index contributed by atoms with van der Waals surface area (Å²) in [6, 6.07) is 12.9. The van der Waals surface area contributed by atoms with Crippen LogP contribution in [0.5, 0.6) is 5.75 Å². The van der Waals surface area contributed by atoms with Crippen LogP contribution in [0.15, 0.2) is 46.9 Å². The van der Waals surface area contributed by atoms with Crippen molar-refractivity contribution in [2.45, 2.75) is 6.04 Å². The lowest BCUT2D eigenvalue weighted by molar-refractivity contribution is 0.291. The fourth-order valence-electron chi connectivity index (χ4n) is 1.59. The summed E-state index contributed by atoms with van der Waals surface area (Å²) in [5.41, 5.74) is 7.07. The Balaban J connectivity index is 2.05. The van der Waals surface area contributed by atoms with Crippen molar-refractivity contribution < 1.29 is 4.74 Å². The van der Waals surface area contributed by atoms with Gasteiger partial charge in [-0.05, 0) is 27.6 Å². The minimum absolute atomic E-state index is 0.209. The van der Waals surface area contributed by atoms with E-state index in [1.165, 1.54) is 0 Å². The fraction of sp³-hybridized carbons (Fsp3) is 0.143. The van der Waals surface area contributed by atoms with E-state index in [0.717, 1.165) is 10.0 Å². The van der Waals surface area contributed by atoms with Crippen LogP contribution in [0.3, 0.4) is 0 Å². The van der Waals surface area contributed by atoms with Crippen LogP contribution >= 0.6 is 39.1 Å². The third-order valence-electron chi connectivity index (χ3n) is 2.62. The quantitative estimate of drug-likeness (QED) is 0.792. The van der Waals surface area contributed by atoms with Gasteiger partial charge in [-0.2, -0.15) is 0 Å². The summed E-state index contributed by atoms with van der Waals surface area (Å²) in [6.07, 6.45) is 0. The van der Waals surface area contributed by atoms with Crippen LogP contribution in [0.4, 0.5) is 0 Å². The molecule has 2 nitrogen and oxygen atoms in total. The van der Waals surface area contributed by atoms with E-state index in [2.05, 4.69) is 15.9 Å². The van der Waals surface area contributed by atoms with Gasteiger partial charge in [-0.1, -0.05) is 53.5 Å². The second-order valence-electron chi connectivity index (χ2n) is 4.02. The molecule has 0 aliphatic carbocycles. The Morgan fingerprint density at radius 3 is 2.47 bits per heavy atom. The molecule has 0 radical (unpaired) electrons. The minimum Gasteiger partial charge on any atom is -0.490 e. The molecule has 100 valence electrons. The number of hydrogen-bond acceptors (Lipinski definition) is 2. The van der Waals surface area contributed by atoms with E-state index in [-0.39, 0.29) is 6.04 Å². The summed E-state index contributed by atoms with van der Waals surface area (Å²) in [6.45, 7) is 0.335. The van der Waals surface area contributed by atoms with Crippen LogP contribution in [0.1, 0.15) is 11.6 Å². The first-order chi connectivity index (χ1) is 9.08. The van der Waals surface area contributed by atoms with E-state index in [0.29, 0.717) is 22.4 Å². The summed E-state index contributed by atoms with van der Waals surface area (Å²) in [4.78, 5) is 0. The van der Waals surface area contributed by atoms with E-state index < -0.39 is 0 Å². The highest BCUT2D eigenvalue weighted by molar-refractivity contribution is 9.10. The predicted octanol–water partition coefficient (Wildman–Crippen LogP) is 4.83. The molecular formula is C14H12BrCl2NO. The first-order valence-electron chi connectivity index (χ1n) is 5.66. The Morgan fingerprint density at radius 2 is 1.79 bits per heavy atom. The number of ether oxygens (including phenoxy) is 1. The molecule has 0 heterocycles. The monoisotopic (exact) mass is 359 g/mol. The third kappa shape index (κ3) is 3.86. The predicted molar refractivity (Wildman–Crippen MR) is 83.0 cm³/mol. The third-order valence-corrected chi connectivity index (χ3v) is 4.11. The second-order valence-corrected chi connectivity index (χ2v) is 5.69. The van der Waals surface area contributed by atoms with Crippen molar-refractivity contribution in [3.8, 4) is 5.75 Å². The van der Waals surface area contributed by atoms with E-state index in [9.17, 15) is 0 Å². The standard InChI is InChI=1S/C14H12BrCl2NO/c15-10-6-12(17)14(7-11(10)16)19-8-13(18)9-4-2-1-3-5-9/h1-7,13H,8,18H2. The summed E-state index contributed by atoms with van der Waals surface area (Å²) in [5.74, 6) is 0.529. The van der Waals surface area contributed by atoms with Crippen molar-refractivity contribution >= 4 is 39.1 Å². The molecule has 0 saturated carbocycles. The zero-order valence-corrected chi connectivity index (χ0v) is 13.0. The highest BCUT2D eigenvalue weighted by Crippen LogP contribution is 2.34. The van der Waals surface area contributed by atoms with Gasteiger partial charge >= 0.3 is 0 Å². The zero-order valence-electron chi connectivity index (χ0n) is 9.95. The highest BCUT2D eigenvalue weighted by atomic mass is 79.9. The molecular weight excluding hydrogens is 349 g/mol. The molecule has 0 amide bonds. The van der Waals surface area contributed by atoms with Crippen LogP contribution in [0, 0.1) is 0 Å². The average molecular weight is 361 g/mol. The van der Waals surface area contributed by atoms with Gasteiger partial charge in [-0.25, -0.2) is 0 Å². The van der Waals surface area contributed by atoms with Gasteiger partial charge in [-0.3, -0.25) is 0 Å². The molecule has 0 bridgehead atoms. The first kappa shape index (κ1) is 14.7. The van der Waals surface area contributed by atoms with Crippen LogP contribution in [-0.4, -0.2) is 6.61 Å². The van der Waals surface area contributed by atoms with Crippen LogP contribution in [0.25, 0.3) is 0 Å². The molecule has 0 aliphatic rings. The van der Waals surface area contributed by atoms with Gasteiger partial charge in [0, 0.05) is 10.5 Å². The van der Waals surface area contributed by atoms with Gasteiger partial charge in [0.1, 0.15) is 12.4 Å². The summed E-state index contributed by atoms with van der Waals surface area (Å²) in [7, 11) is 0. The van der Waals surface area contributed by atoms with Crippen molar-refractivity contribution in [1.82, 2.24) is 0 Å². The van der Waals surface area contributed by atoms with E-state index in [4.69, 9.17) is 33.7 Å². The van der Waals surface area contributed by atoms with Crippen LogP contribution < -0.4 is 10.5 Å². The summed E-state index contributed by atoms with van der Waals surface area (Å²) >= 11 is 15.4. The number of nitrogens with two attached hydrogens (primary N) is 1. The van der Waals surface area contributed by atoms with Crippen molar-refractivity contribution in [3.05, 3.63) is 62.5 Å². The lowest BCUT2D eigenvalue weighted by Crippen LogP contribution is -2.18. The number of benzene rings is 2. The number of halogens is 3. The van der Waals surface area contributed by atoms with Gasteiger partial charge in [0.15, 0.2) is 0 Å². The van der Waals surface area contributed by atoms with Gasteiger partial charge in [0.25, 0.3) is 0 Å². The maximum Gasteiger partial charge on any atom is 0.139 e. The van der Waals surface area contributed by atoms with E-state index >= 15 is 0 Å². The van der Waals surface area contributed by atoms with Gasteiger partial charge < -0.3 is 10.5 Å². The van der Waals surface area contributed by atoms with Gasteiger partial charge in [0.05, 0.1) is 16.1 Å². The summed E-state index contributed by atoms with van der Waals surface area (Å²) < 4.78 is 6.36. The Hall–Kier alpha value is -0.740. The molecule has 2 rings (SSSR count). The Labute approximate surface area is 130 Å². The second kappa shape index (κ2) is 6.62. The van der Waals surface area contributed by atoms with Crippen molar-refractivity contribution in [3.63, 3.8) is 0 Å². The van der Waals surface area contributed by atoms with E-state index in [1.807, 2.05) is 30.3 Å². The van der Waals surface area contributed by atoms with Crippen LogP contribution in [0.2, 0.25) is 10.0 Å². The van der Waals surface area contributed by atoms with Crippen molar-refractivity contribution in [2.24, 2.45) is 5.73 Å². The van der Waals surface area contributed by atoms with Gasteiger partial charge in [-0.15, -0.1) is 0 Å². The molecule has 2 N–H and O–H groups in total. The van der Waals surface area contributed by atoms with Crippen molar-refractivity contribution in [1.29, 1.82) is 0 Å². The molecule has 1 unspecified atom stereocenters. The maximum absolute atomic E-state index is 6.08. The minimum atomic E-state index is -0.209. The fourth-order valence-corrected chi connectivity index (χ4v) is 2.44.